The number of aromatic nitrogens is 2. The van der Waals surface area contributed by atoms with E-state index in [0.717, 1.165) is 4.68 Å². The lowest BCUT2D eigenvalue weighted by atomic mass is 9.97. The van der Waals surface area contributed by atoms with Gasteiger partial charge in [-0.05, 0) is 32.0 Å². The molecule has 0 radical (unpaired) electrons. The first kappa shape index (κ1) is 31.3. The molecule has 0 aliphatic rings. The molecule has 1 atom stereocenters. The lowest BCUT2D eigenvalue weighted by Gasteiger charge is -2.13. The number of anilines is 1. The molecule has 1 unspecified atom stereocenters. The average Bonchev–Trinajstić information content (AvgIpc) is 3.26. The minimum atomic E-state index is -0.807. The average molecular weight is 577 g/mol. The molecule has 0 saturated heterocycles. The van der Waals surface area contributed by atoms with Gasteiger partial charge >= 0.3 is 11.8 Å². The van der Waals surface area contributed by atoms with Crippen molar-refractivity contribution < 1.29 is 23.5 Å². The van der Waals surface area contributed by atoms with E-state index in [1.807, 2.05) is 26.8 Å². The number of terminal acetylenes is 1. The third-order valence-electron chi connectivity index (χ3n) is 4.75. The maximum Gasteiger partial charge on any atom is 0.442 e. The van der Waals surface area contributed by atoms with Crippen LogP contribution in [0.15, 0.2) is 51.7 Å². The van der Waals surface area contributed by atoms with E-state index in [1.165, 1.54) is 19.1 Å². The van der Waals surface area contributed by atoms with Crippen LogP contribution in [0.1, 0.15) is 40.5 Å². The quantitative estimate of drug-likeness (QED) is 0.370. The Morgan fingerprint density at radius 3 is 2.41 bits per heavy atom. The number of carbonyl (C=O) groups is 2. The number of likely N-dealkylation sites (N-methyl/N-ethyl adjacent to an activating group) is 1. The Balaban J connectivity index is 0.000000283. The van der Waals surface area contributed by atoms with Crippen molar-refractivity contribution in [2.75, 3.05) is 18.5 Å². The molecule has 0 aliphatic heterocycles. The smallest absolute Gasteiger partial charge is 0.442 e. The molecule has 10 nitrogen and oxygen atoms in total. The van der Waals surface area contributed by atoms with E-state index in [9.17, 15) is 14.4 Å². The summed E-state index contributed by atoms with van der Waals surface area (Å²) in [5.41, 5.74) is 0.523. The fraction of sp³-hybridized carbons (Fsp3) is 0.333. The van der Waals surface area contributed by atoms with Crippen LogP contribution in [0.4, 0.5) is 10.5 Å². The zero-order chi connectivity index (χ0) is 29.2. The van der Waals surface area contributed by atoms with Crippen LogP contribution in [0.2, 0.25) is 10.0 Å². The molecule has 1 heterocycles. The second-order valence-corrected chi connectivity index (χ2v) is 9.81. The summed E-state index contributed by atoms with van der Waals surface area (Å²) in [6.45, 7) is 9.52. The molecule has 39 heavy (non-hydrogen) atoms. The van der Waals surface area contributed by atoms with Crippen molar-refractivity contribution in [1.82, 2.24) is 15.1 Å². The van der Waals surface area contributed by atoms with Gasteiger partial charge in [0.15, 0.2) is 6.10 Å². The standard InChI is InChI=1S/C15H14Cl2N2O3.C12H16N2O3/c1-5-6-21-12-8-11(9(16)7-10(12)17)19-14(20)22-13(18-19)15(2,3)4;1-3-13-11(15)9(2)17-12(16)14-10-7-5-4-6-8-10/h1,7-8H,6H2,2-4H3;4-9H,3H2,1-2H3,(H,13,15)(H,14,16). The number of hydrogen-bond acceptors (Lipinski definition) is 7. The first-order chi connectivity index (χ1) is 18.4. The number of halogens is 2. The molecule has 1 aromatic heterocycles. The highest BCUT2D eigenvalue weighted by Crippen LogP contribution is 2.33. The van der Waals surface area contributed by atoms with Crippen molar-refractivity contribution in [3.63, 3.8) is 0 Å². The lowest BCUT2D eigenvalue weighted by Crippen LogP contribution is -2.36. The number of amides is 2. The van der Waals surface area contributed by atoms with Gasteiger partial charge in [-0.3, -0.25) is 10.1 Å². The SMILES string of the molecule is C#CCOc1cc(-n2nc(C(C)(C)C)oc2=O)c(Cl)cc1Cl.CCNC(=O)C(C)OC(=O)Nc1ccccc1. The fourth-order valence-corrected chi connectivity index (χ4v) is 3.36. The first-order valence-corrected chi connectivity index (χ1v) is 12.6. The molecule has 0 aliphatic carbocycles. The Morgan fingerprint density at radius 2 is 1.85 bits per heavy atom. The third kappa shape index (κ3) is 9.39. The van der Waals surface area contributed by atoms with Gasteiger partial charge in [0, 0.05) is 23.7 Å². The largest absolute Gasteiger partial charge is 0.479 e. The normalized spacial score (nSPS) is 11.3. The molecule has 0 fully saturated rings. The monoisotopic (exact) mass is 576 g/mol. The molecule has 208 valence electrons. The van der Waals surface area contributed by atoms with Gasteiger partial charge in [0.1, 0.15) is 12.4 Å². The summed E-state index contributed by atoms with van der Waals surface area (Å²) < 4.78 is 16.5. The summed E-state index contributed by atoms with van der Waals surface area (Å²) in [4.78, 5) is 34.8. The number of benzene rings is 2. The number of ether oxygens (including phenoxy) is 2. The maximum atomic E-state index is 12.0. The minimum Gasteiger partial charge on any atom is -0.479 e. The third-order valence-corrected chi connectivity index (χ3v) is 5.35. The van der Waals surface area contributed by atoms with Crippen molar-refractivity contribution in [3.05, 3.63) is 69.0 Å². The number of nitrogens with one attached hydrogen (secondary N) is 2. The van der Waals surface area contributed by atoms with Gasteiger partial charge < -0.3 is 19.2 Å². The van der Waals surface area contributed by atoms with Crippen LogP contribution in [-0.2, 0) is 14.9 Å². The van der Waals surface area contributed by atoms with E-state index in [0.29, 0.717) is 29.6 Å². The van der Waals surface area contributed by atoms with E-state index in [2.05, 4.69) is 21.7 Å². The number of hydrogen-bond donors (Lipinski definition) is 2. The second kappa shape index (κ2) is 14.3. The topological polar surface area (TPSA) is 125 Å². The van der Waals surface area contributed by atoms with Crippen LogP contribution in [0.5, 0.6) is 5.75 Å². The van der Waals surface area contributed by atoms with Gasteiger partial charge in [0.2, 0.25) is 5.89 Å². The molecule has 12 heteroatoms. The van der Waals surface area contributed by atoms with Crippen molar-refractivity contribution >= 4 is 40.9 Å². The van der Waals surface area contributed by atoms with E-state index in [-0.39, 0.29) is 22.6 Å². The van der Waals surface area contributed by atoms with Crippen LogP contribution in [0.25, 0.3) is 5.69 Å². The van der Waals surface area contributed by atoms with Gasteiger partial charge in [-0.1, -0.05) is 68.1 Å². The van der Waals surface area contributed by atoms with Gasteiger partial charge in [-0.25, -0.2) is 9.59 Å². The molecule has 0 saturated carbocycles. The summed E-state index contributed by atoms with van der Waals surface area (Å²) >= 11 is 12.2. The molecule has 0 spiro atoms. The highest BCUT2D eigenvalue weighted by Gasteiger charge is 2.24. The predicted molar refractivity (Wildman–Crippen MR) is 150 cm³/mol. The summed E-state index contributed by atoms with van der Waals surface area (Å²) in [7, 11) is 0. The van der Waals surface area contributed by atoms with Crippen molar-refractivity contribution in [3.8, 4) is 23.8 Å². The minimum absolute atomic E-state index is 0.0434. The predicted octanol–water partition coefficient (Wildman–Crippen LogP) is 5.20. The zero-order valence-electron chi connectivity index (χ0n) is 22.2. The van der Waals surface area contributed by atoms with Crippen molar-refractivity contribution in [2.45, 2.75) is 46.1 Å². The van der Waals surface area contributed by atoms with Crippen LogP contribution >= 0.6 is 23.2 Å². The molecular weight excluding hydrogens is 547 g/mol. The van der Waals surface area contributed by atoms with Crippen molar-refractivity contribution in [1.29, 1.82) is 0 Å². The van der Waals surface area contributed by atoms with E-state index in [1.54, 1.807) is 31.2 Å². The van der Waals surface area contributed by atoms with Gasteiger partial charge in [-0.15, -0.1) is 11.5 Å². The molecule has 2 N–H and O–H groups in total. The Morgan fingerprint density at radius 1 is 1.18 bits per heavy atom. The summed E-state index contributed by atoms with van der Waals surface area (Å²) in [5.74, 6) is 2.00. The molecule has 3 rings (SSSR count). The van der Waals surface area contributed by atoms with Crippen LogP contribution in [-0.4, -0.2) is 41.0 Å². The summed E-state index contributed by atoms with van der Waals surface area (Å²) in [5, 5.41) is 9.81. The lowest BCUT2D eigenvalue weighted by molar-refractivity contribution is -0.128. The summed E-state index contributed by atoms with van der Waals surface area (Å²) in [6, 6.07) is 11.9. The van der Waals surface area contributed by atoms with Crippen LogP contribution in [0.3, 0.4) is 0 Å². The highest BCUT2D eigenvalue weighted by molar-refractivity contribution is 6.36. The number of nitrogens with zero attached hydrogens (tertiary/aromatic N) is 2. The highest BCUT2D eigenvalue weighted by atomic mass is 35.5. The molecule has 3 aromatic rings. The fourth-order valence-electron chi connectivity index (χ4n) is 2.84. The van der Waals surface area contributed by atoms with Gasteiger partial charge in [0.25, 0.3) is 5.91 Å². The Bertz CT molecular complexity index is 1370. The number of rotatable bonds is 7. The summed E-state index contributed by atoms with van der Waals surface area (Å²) in [6.07, 6.45) is 3.70. The molecule has 2 aromatic carbocycles. The Labute approximate surface area is 236 Å². The van der Waals surface area contributed by atoms with E-state index >= 15 is 0 Å². The maximum absolute atomic E-state index is 12.0. The first-order valence-electron chi connectivity index (χ1n) is 11.8. The number of para-hydroxylation sites is 1. The van der Waals surface area contributed by atoms with E-state index in [4.69, 9.17) is 43.5 Å². The molecule has 0 bridgehead atoms. The molecule has 2 amide bonds. The van der Waals surface area contributed by atoms with E-state index < -0.39 is 23.4 Å². The Kier molecular flexibility index (Phi) is 11.5. The van der Waals surface area contributed by atoms with Gasteiger partial charge in [0.05, 0.1) is 15.7 Å². The Hall–Kier alpha value is -3.94. The second-order valence-electron chi connectivity index (χ2n) is 8.99. The zero-order valence-corrected chi connectivity index (χ0v) is 23.7. The van der Waals surface area contributed by atoms with Gasteiger partial charge in [-0.2, -0.15) is 4.68 Å². The number of carbonyl (C=O) groups excluding carboxylic acids is 2. The van der Waals surface area contributed by atoms with Crippen molar-refractivity contribution in [2.24, 2.45) is 0 Å². The van der Waals surface area contributed by atoms with Crippen LogP contribution in [0, 0.1) is 12.3 Å². The van der Waals surface area contributed by atoms with Crippen LogP contribution < -0.4 is 21.1 Å². The molecular formula is C27H30Cl2N4O6.